The van der Waals surface area contributed by atoms with Crippen LogP contribution in [0.5, 0.6) is 5.75 Å². The highest BCUT2D eigenvalue weighted by atomic mass is 19.2. The van der Waals surface area contributed by atoms with Crippen molar-refractivity contribution in [2.75, 3.05) is 65.7 Å². The number of hydrogen-bond donors (Lipinski definition) is 9. The van der Waals surface area contributed by atoms with Crippen molar-refractivity contribution in [3.8, 4) is 41.3 Å². The number of aromatic amines is 8. The van der Waals surface area contributed by atoms with Crippen LogP contribution >= 0.6 is 0 Å². The average molecular weight is 1620 g/mol. The van der Waals surface area contributed by atoms with Crippen LogP contribution in [0.2, 0.25) is 0 Å². The summed E-state index contributed by atoms with van der Waals surface area (Å²) < 4.78 is 118. The topological polar surface area (TPSA) is 215 Å². The molecule has 0 spiro atoms. The van der Waals surface area contributed by atoms with Crippen molar-refractivity contribution < 1.29 is 39.9 Å². The second-order valence-electron chi connectivity index (χ2n) is 31.3. The Labute approximate surface area is 683 Å². The number of hydrogen-bond acceptors (Lipinski definition) is 8. The summed E-state index contributed by atoms with van der Waals surface area (Å²) in [5.74, 6) is 18.3. The lowest BCUT2D eigenvalue weighted by atomic mass is 10.0. The van der Waals surface area contributed by atoms with Crippen molar-refractivity contribution in [1.29, 1.82) is 0 Å². The Morgan fingerprint density at radius 2 is 0.628 bits per heavy atom. The number of rotatable bonds is 7. The van der Waals surface area contributed by atoms with E-state index in [0.29, 0.717) is 23.3 Å². The summed E-state index contributed by atoms with van der Waals surface area (Å²) in [6, 6.07) is 45.5. The van der Waals surface area contributed by atoms with E-state index in [-0.39, 0.29) is 65.1 Å². The molecule has 0 bridgehead atoms. The number of tetrazole rings is 1. The second-order valence-corrected chi connectivity index (χ2v) is 31.3. The van der Waals surface area contributed by atoms with Crippen LogP contribution in [0.25, 0.3) is 174 Å². The fraction of sp³-hybridized carbons (Fsp3) is 0.177. The number of anilines is 1. The summed E-state index contributed by atoms with van der Waals surface area (Å²) in [5.41, 5.74) is 21.3. The standard InChI is InChI=1S/C26H21F2N3.C25H19F2N3.C24H19F2N3.C21H15F2N7O/c27-16-6-8-23-19(13-16)21-15-22-20-14-17(28)7-9-24(20)30-26(22)18(25(21)29-23)5-4-12-31-10-2-1-3-11-31;26-15-5-7-22-18(12-15)20-14-21-19-13-16(27)6-8-23(19)29-25(21)17(24(20)28-22)4-3-11-30-9-1-2-10-30;1-13(29(2)3)4-7-16-23-19(17-10-14(25)5-8-21(17)27-23)12-20-18-11-15(26)6-9-22(18)28-24(16)20;22-10-1-3-16-12(7-10)14-9-15-13-8-11(23)2-4-17(13)26-19(15)20(18(14)25-16)31-6-5-30-28-21(24)27-29-30/h6-9,13-15,29-30H,1-3,10-12H2;5-8,12-14,28-29H,1-2,9-11H2;5-6,8-13,27-28H,1-3H3;1-4,7-9,25-26H,5-6H2,(H2,24,28). The highest BCUT2D eigenvalue weighted by molar-refractivity contribution is 6.24. The maximum Gasteiger partial charge on any atom is 0.260 e. The molecular formula is C96H74F8N16O. The van der Waals surface area contributed by atoms with Crippen LogP contribution in [0, 0.1) is 82.1 Å². The number of fused-ring (bicyclic) bond motifs is 24. The van der Waals surface area contributed by atoms with Crippen LogP contribution in [0.4, 0.5) is 41.1 Å². The molecule has 21 aromatic rings. The van der Waals surface area contributed by atoms with Gasteiger partial charge in [-0.1, -0.05) is 47.0 Å². The van der Waals surface area contributed by atoms with E-state index in [4.69, 9.17) is 10.5 Å². The highest BCUT2D eigenvalue weighted by Gasteiger charge is 2.24. The Morgan fingerprint density at radius 1 is 0.364 bits per heavy atom. The summed E-state index contributed by atoms with van der Waals surface area (Å²) in [6.07, 6.45) is 6.19. The van der Waals surface area contributed by atoms with Gasteiger partial charge in [-0.15, -0.1) is 5.10 Å². The lowest BCUT2D eigenvalue weighted by Gasteiger charge is -2.23. The molecule has 0 radical (unpaired) electrons. The van der Waals surface area contributed by atoms with Crippen molar-refractivity contribution in [3.63, 3.8) is 0 Å². The monoisotopic (exact) mass is 1620 g/mol. The molecule has 25 heteroatoms. The molecule has 10 N–H and O–H groups in total. The van der Waals surface area contributed by atoms with Crippen molar-refractivity contribution in [2.24, 2.45) is 0 Å². The lowest BCUT2D eigenvalue weighted by Crippen LogP contribution is -2.29. The molecule has 1 unspecified atom stereocenters. The van der Waals surface area contributed by atoms with Gasteiger partial charge in [-0.2, -0.15) is 4.80 Å². The number of benzene rings is 12. The summed E-state index contributed by atoms with van der Waals surface area (Å²) in [5, 5.41) is 24.6. The van der Waals surface area contributed by atoms with E-state index in [2.05, 4.69) is 101 Å². The predicted molar refractivity (Wildman–Crippen MR) is 468 cm³/mol. The Hall–Kier alpha value is -14.3. The number of nitrogens with one attached hydrogen (secondary N) is 8. The third-order valence-corrected chi connectivity index (χ3v) is 23.4. The lowest BCUT2D eigenvalue weighted by molar-refractivity contribution is 0.255. The Balaban J connectivity index is 0.000000103. The van der Waals surface area contributed by atoms with Gasteiger partial charge in [-0.3, -0.25) is 14.7 Å². The van der Waals surface area contributed by atoms with E-state index in [1.165, 1.54) is 122 Å². The first-order chi connectivity index (χ1) is 58.8. The molecule has 600 valence electrons. The van der Waals surface area contributed by atoms with E-state index in [1.54, 1.807) is 60.7 Å². The molecule has 17 nitrogen and oxygen atoms in total. The van der Waals surface area contributed by atoms with Gasteiger partial charge >= 0.3 is 0 Å². The number of likely N-dealkylation sites (tertiary alicyclic amines) is 2. The van der Waals surface area contributed by atoms with Gasteiger partial charge in [0.2, 0.25) is 0 Å². The van der Waals surface area contributed by atoms with Crippen LogP contribution in [-0.2, 0) is 6.54 Å². The molecule has 9 aromatic heterocycles. The van der Waals surface area contributed by atoms with Gasteiger partial charge in [-0.25, -0.2) is 35.1 Å². The van der Waals surface area contributed by atoms with E-state index in [1.807, 2.05) is 50.2 Å². The second kappa shape index (κ2) is 30.6. The van der Waals surface area contributed by atoms with Crippen molar-refractivity contribution in [1.82, 2.24) is 74.8 Å². The SMILES string of the molecule is CC(C#Cc1c2[nH]c3ccc(F)cc3c2cc2c1[nH]c1ccc(F)cc12)N(C)C.Fc1ccc2[nH]c3c(C#CCN4CCCC4)c4[nH]c5ccc(F)cc5c4cc3c2c1.Fc1ccc2[nH]c3c(C#CCN4CCCCC4)c4[nH]c5ccc(F)cc5c4cc3c2c1.Nc1nnn(CCOc2c3[nH]c4ccc(F)cc4c3cc3c2[nH]c2ccc(F)cc23)n1. The normalized spacial score (nSPS) is 13.7. The minimum absolute atomic E-state index is 0.0592. The molecule has 0 amide bonds. The van der Waals surface area contributed by atoms with Crippen LogP contribution < -0.4 is 10.5 Å². The van der Waals surface area contributed by atoms with Crippen molar-refractivity contribution in [3.05, 3.63) is 233 Å². The van der Waals surface area contributed by atoms with Crippen LogP contribution in [0.15, 0.2) is 170 Å². The first-order valence-electron chi connectivity index (χ1n) is 40.0. The Morgan fingerprint density at radius 3 is 0.901 bits per heavy atom. The van der Waals surface area contributed by atoms with E-state index < -0.39 is 0 Å². The molecular weight excluding hydrogens is 1550 g/mol. The van der Waals surface area contributed by atoms with Crippen molar-refractivity contribution >= 4 is 180 Å². The molecule has 2 aliphatic rings. The average Bonchev–Trinajstić information content (AvgIpc) is 1.59. The summed E-state index contributed by atoms with van der Waals surface area (Å²) in [6.45, 7) is 8.40. The maximum absolute atomic E-state index is 14.0. The van der Waals surface area contributed by atoms with E-state index in [9.17, 15) is 35.1 Å². The molecule has 2 fully saturated rings. The van der Waals surface area contributed by atoms with E-state index in [0.717, 1.165) is 219 Å². The van der Waals surface area contributed by atoms with Crippen LogP contribution in [0.1, 0.15) is 55.7 Å². The minimum atomic E-state index is -0.337. The highest BCUT2D eigenvalue weighted by Crippen LogP contribution is 2.44. The van der Waals surface area contributed by atoms with Crippen molar-refractivity contribution in [2.45, 2.75) is 51.6 Å². The zero-order valence-corrected chi connectivity index (χ0v) is 65.6. The first kappa shape index (κ1) is 75.5. The van der Waals surface area contributed by atoms with Crippen LogP contribution in [-0.4, -0.2) is 141 Å². The number of aromatic nitrogens is 12. The number of piperidine rings is 1. The smallest absolute Gasteiger partial charge is 0.260 e. The zero-order valence-electron chi connectivity index (χ0n) is 65.6. The molecule has 1 atom stereocenters. The number of nitrogens with two attached hydrogens (primary N) is 1. The molecule has 0 saturated carbocycles. The fourth-order valence-electron chi connectivity index (χ4n) is 17.2. The Kier molecular flexibility index (Phi) is 19.1. The van der Waals surface area contributed by atoms with Gasteiger partial charge in [0.25, 0.3) is 5.95 Å². The van der Waals surface area contributed by atoms with E-state index >= 15 is 0 Å². The quantitative estimate of drug-likeness (QED) is 0.0551. The summed E-state index contributed by atoms with van der Waals surface area (Å²) >= 11 is 0. The number of nitrogens with zero attached hydrogens (tertiary/aromatic N) is 7. The third kappa shape index (κ3) is 14.0. The Bertz CT molecular complexity index is 7620. The molecule has 2 saturated heterocycles. The first-order valence-corrected chi connectivity index (χ1v) is 40.0. The number of nitrogen functional groups attached to an aromatic ring is 1. The third-order valence-electron chi connectivity index (χ3n) is 23.4. The molecule has 11 heterocycles. The predicted octanol–water partition coefficient (Wildman–Crippen LogP) is 21.2. The molecule has 0 aliphatic carbocycles. The minimum Gasteiger partial charge on any atom is -0.487 e. The molecule has 23 rings (SSSR count). The van der Waals surface area contributed by atoms with Crippen LogP contribution in [0.3, 0.4) is 0 Å². The summed E-state index contributed by atoms with van der Waals surface area (Å²) in [7, 11) is 3.96. The fourth-order valence-corrected chi connectivity index (χ4v) is 17.2. The number of ether oxygens (including phenoxy) is 1. The maximum atomic E-state index is 14.0. The van der Waals surface area contributed by atoms with Gasteiger partial charge in [0, 0.05) is 130 Å². The van der Waals surface area contributed by atoms with Gasteiger partial charge < -0.3 is 50.3 Å². The zero-order chi connectivity index (χ0) is 82.6. The molecule has 2 aliphatic heterocycles. The largest absolute Gasteiger partial charge is 0.487 e. The van der Waals surface area contributed by atoms with Gasteiger partial charge in [0.15, 0.2) is 5.75 Å². The molecule has 121 heavy (non-hydrogen) atoms. The van der Waals surface area contributed by atoms with Gasteiger partial charge in [-0.05, 0) is 248 Å². The van der Waals surface area contributed by atoms with Gasteiger partial charge in [0.05, 0.1) is 86.5 Å². The number of H-pyrrole nitrogens is 8. The molecule has 12 aromatic carbocycles. The number of halogens is 8. The summed E-state index contributed by atoms with van der Waals surface area (Å²) in [4.78, 5) is 35.3. The van der Waals surface area contributed by atoms with Gasteiger partial charge in [0.1, 0.15) is 53.1 Å².